The zero-order valence-electron chi connectivity index (χ0n) is 8.38. The highest BCUT2D eigenvalue weighted by atomic mass is 32.1. The van der Waals surface area contributed by atoms with Crippen molar-refractivity contribution >= 4 is 28.3 Å². The van der Waals surface area contributed by atoms with Crippen molar-refractivity contribution in [3.05, 3.63) is 33.2 Å². The van der Waals surface area contributed by atoms with Crippen LogP contribution in [0.4, 0.5) is 5.00 Å². The summed E-state index contributed by atoms with van der Waals surface area (Å²) in [5.41, 5.74) is 0. The Kier molecular flexibility index (Phi) is 3.00. The third-order valence-electron chi connectivity index (χ3n) is 2.12. The van der Waals surface area contributed by atoms with Crippen LogP contribution in [0.15, 0.2) is 18.2 Å². The van der Waals surface area contributed by atoms with E-state index < -0.39 is 4.92 Å². The predicted octanol–water partition coefficient (Wildman–Crippen LogP) is 1.95. The van der Waals surface area contributed by atoms with Crippen LogP contribution in [0.2, 0.25) is 0 Å². The standard InChI is InChI=1S/C10H10N2O3S/c13-9(11-7-1-2-7)5-3-8-4-6-10(16-8)12(14)15/h3-7H,1-2H2,(H,11,13)/b5-3+. The average Bonchev–Trinajstić information content (AvgIpc) is 2.91. The summed E-state index contributed by atoms with van der Waals surface area (Å²) in [5, 5.41) is 13.3. The molecule has 0 aliphatic heterocycles. The van der Waals surface area contributed by atoms with Crippen LogP contribution in [0.5, 0.6) is 0 Å². The van der Waals surface area contributed by atoms with Gasteiger partial charge >= 0.3 is 5.00 Å². The number of hydrogen-bond acceptors (Lipinski definition) is 4. The molecule has 1 aromatic rings. The van der Waals surface area contributed by atoms with Crippen LogP contribution >= 0.6 is 11.3 Å². The molecule has 0 bridgehead atoms. The molecular weight excluding hydrogens is 228 g/mol. The molecule has 0 spiro atoms. The van der Waals surface area contributed by atoms with Crippen molar-refractivity contribution in [1.82, 2.24) is 5.32 Å². The van der Waals surface area contributed by atoms with Gasteiger partial charge in [0.15, 0.2) is 0 Å². The van der Waals surface area contributed by atoms with Crippen LogP contribution in [0.25, 0.3) is 6.08 Å². The molecule has 0 atom stereocenters. The van der Waals surface area contributed by atoms with Gasteiger partial charge in [-0.05, 0) is 25.0 Å². The maximum Gasteiger partial charge on any atom is 0.324 e. The van der Waals surface area contributed by atoms with E-state index in [1.54, 1.807) is 12.1 Å². The third kappa shape index (κ3) is 2.90. The Morgan fingerprint density at radius 1 is 1.56 bits per heavy atom. The van der Waals surface area contributed by atoms with Gasteiger partial charge in [-0.1, -0.05) is 11.3 Å². The molecule has 2 rings (SSSR count). The largest absolute Gasteiger partial charge is 0.350 e. The van der Waals surface area contributed by atoms with E-state index in [-0.39, 0.29) is 10.9 Å². The molecule has 1 aliphatic carbocycles. The van der Waals surface area contributed by atoms with Crippen molar-refractivity contribution < 1.29 is 9.72 Å². The van der Waals surface area contributed by atoms with Crippen molar-refractivity contribution in [3.63, 3.8) is 0 Å². The van der Waals surface area contributed by atoms with E-state index >= 15 is 0 Å². The molecule has 6 heteroatoms. The summed E-state index contributed by atoms with van der Waals surface area (Å²) in [7, 11) is 0. The number of carbonyl (C=O) groups excluding carboxylic acids is 1. The van der Waals surface area contributed by atoms with Crippen LogP contribution in [-0.2, 0) is 4.79 Å². The fourth-order valence-corrected chi connectivity index (χ4v) is 1.89. The SMILES string of the molecule is O=C(/C=C/c1ccc([N+](=O)[O-])s1)NC1CC1. The Morgan fingerprint density at radius 3 is 2.88 bits per heavy atom. The molecule has 0 unspecified atom stereocenters. The van der Waals surface area contributed by atoms with Crippen molar-refractivity contribution in [2.24, 2.45) is 0 Å². The highest BCUT2D eigenvalue weighted by Gasteiger charge is 2.22. The van der Waals surface area contributed by atoms with Gasteiger partial charge in [-0.15, -0.1) is 0 Å². The second-order valence-electron chi connectivity index (χ2n) is 3.55. The van der Waals surface area contributed by atoms with E-state index in [2.05, 4.69) is 5.32 Å². The van der Waals surface area contributed by atoms with E-state index in [0.29, 0.717) is 10.9 Å². The third-order valence-corrected chi connectivity index (χ3v) is 3.12. The fourth-order valence-electron chi connectivity index (χ4n) is 1.16. The number of nitro groups is 1. The molecule has 1 heterocycles. The minimum Gasteiger partial charge on any atom is -0.350 e. The maximum absolute atomic E-state index is 11.3. The molecule has 0 radical (unpaired) electrons. The molecule has 84 valence electrons. The summed E-state index contributed by atoms with van der Waals surface area (Å²) < 4.78 is 0. The van der Waals surface area contributed by atoms with Crippen LogP contribution in [0, 0.1) is 10.1 Å². The molecule has 1 saturated carbocycles. The molecule has 0 aromatic carbocycles. The van der Waals surface area contributed by atoms with Gasteiger partial charge in [-0.25, -0.2) is 0 Å². The van der Waals surface area contributed by atoms with Gasteiger partial charge in [-0.2, -0.15) is 0 Å². The lowest BCUT2D eigenvalue weighted by atomic mass is 10.4. The van der Waals surface area contributed by atoms with Crippen LogP contribution in [0.3, 0.4) is 0 Å². The number of rotatable bonds is 4. The lowest BCUT2D eigenvalue weighted by Gasteiger charge is -1.95. The highest BCUT2D eigenvalue weighted by Crippen LogP contribution is 2.24. The maximum atomic E-state index is 11.3. The van der Waals surface area contributed by atoms with E-state index in [0.717, 1.165) is 24.2 Å². The Balaban J connectivity index is 1.93. The number of nitrogens with one attached hydrogen (secondary N) is 1. The first-order valence-electron chi connectivity index (χ1n) is 4.88. The first-order valence-corrected chi connectivity index (χ1v) is 5.69. The molecule has 1 N–H and O–H groups in total. The van der Waals surface area contributed by atoms with Crippen molar-refractivity contribution in [1.29, 1.82) is 0 Å². The van der Waals surface area contributed by atoms with Crippen LogP contribution < -0.4 is 5.32 Å². The van der Waals surface area contributed by atoms with E-state index in [9.17, 15) is 14.9 Å². The van der Waals surface area contributed by atoms with Gasteiger partial charge in [0, 0.05) is 23.1 Å². The van der Waals surface area contributed by atoms with Gasteiger partial charge in [0.2, 0.25) is 5.91 Å². The molecule has 1 fully saturated rings. The molecule has 1 amide bonds. The molecule has 1 aromatic heterocycles. The summed E-state index contributed by atoms with van der Waals surface area (Å²) in [6.07, 6.45) is 5.09. The van der Waals surface area contributed by atoms with Crippen LogP contribution in [-0.4, -0.2) is 16.9 Å². The summed E-state index contributed by atoms with van der Waals surface area (Å²) in [6.45, 7) is 0. The quantitative estimate of drug-likeness (QED) is 0.495. The first-order chi connectivity index (χ1) is 7.65. The Hall–Kier alpha value is -1.69. The number of nitrogens with zero attached hydrogens (tertiary/aromatic N) is 1. The smallest absolute Gasteiger partial charge is 0.324 e. The lowest BCUT2D eigenvalue weighted by molar-refractivity contribution is -0.380. The zero-order valence-corrected chi connectivity index (χ0v) is 9.20. The minimum absolute atomic E-state index is 0.0854. The Morgan fingerprint density at radius 2 is 2.31 bits per heavy atom. The molecule has 5 nitrogen and oxygen atoms in total. The Labute approximate surface area is 95.9 Å². The normalized spacial score (nSPS) is 15.2. The fraction of sp³-hybridized carbons (Fsp3) is 0.300. The minimum atomic E-state index is -0.438. The topological polar surface area (TPSA) is 72.2 Å². The average molecular weight is 238 g/mol. The summed E-state index contributed by atoms with van der Waals surface area (Å²) >= 11 is 1.05. The first kappa shape index (κ1) is 10.8. The van der Waals surface area contributed by atoms with Gasteiger partial charge in [0.1, 0.15) is 0 Å². The second-order valence-corrected chi connectivity index (χ2v) is 4.64. The van der Waals surface area contributed by atoms with Gasteiger partial charge in [0.05, 0.1) is 4.92 Å². The molecular formula is C10H10N2O3S. The summed E-state index contributed by atoms with van der Waals surface area (Å²) in [5.74, 6) is -0.140. The van der Waals surface area contributed by atoms with Crippen molar-refractivity contribution in [2.45, 2.75) is 18.9 Å². The van der Waals surface area contributed by atoms with Crippen molar-refractivity contribution in [3.8, 4) is 0 Å². The van der Waals surface area contributed by atoms with Gasteiger partial charge < -0.3 is 5.32 Å². The highest BCUT2D eigenvalue weighted by molar-refractivity contribution is 7.16. The molecule has 1 aliphatic rings. The summed E-state index contributed by atoms with van der Waals surface area (Å²) in [4.78, 5) is 22.0. The van der Waals surface area contributed by atoms with E-state index in [1.807, 2.05) is 0 Å². The second kappa shape index (κ2) is 4.44. The molecule has 16 heavy (non-hydrogen) atoms. The number of amides is 1. The monoisotopic (exact) mass is 238 g/mol. The Bertz CT molecular complexity index is 449. The van der Waals surface area contributed by atoms with E-state index in [4.69, 9.17) is 0 Å². The number of carbonyl (C=O) groups is 1. The predicted molar refractivity (Wildman–Crippen MR) is 61.2 cm³/mol. The lowest BCUT2D eigenvalue weighted by Crippen LogP contribution is -2.22. The van der Waals surface area contributed by atoms with Gasteiger partial charge in [0.25, 0.3) is 0 Å². The van der Waals surface area contributed by atoms with Crippen LogP contribution in [0.1, 0.15) is 17.7 Å². The van der Waals surface area contributed by atoms with Crippen molar-refractivity contribution in [2.75, 3.05) is 0 Å². The van der Waals surface area contributed by atoms with Gasteiger partial charge in [-0.3, -0.25) is 14.9 Å². The number of hydrogen-bond donors (Lipinski definition) is 1. The molecule has 0 saturated heterocycles. The zero-order chi connectivity index (χ0) is 11.5. The van der Waals surface area contributed by atoms with E-state index in [1.165, 1.54) is 12.1 Å². The number of thiophene rings is 1. The summed E-state index contributed by atoms with van der Waals surface area (Å²) in [6, 6.07) is 3.39.